The molecule has 1 fully saturated rings. The number of ether oxygens (including phenoxy) is 1. The fourth-order valence-electron chi connectivity index (χ4n) is 1.86. The smallest absolute Gasteiger partial charge is 0.410 e. The van der Waals surface area contributed by atoms with Crippen molar-refractivity contribution >= 4 is 6.09 Å². The van der Waals surface area contributed by atoms with Gasteiger partial charge in [-0.25, -0.2) is 4.79 Å². The molecule has 92 valence electrons. The molecule has 2 rings (SSSR count). The summed E-state index contributed by atoms with van der Waals surface area (Å²) in [6, 6.07) is 5.83. The molecule has 0 aliphatic carbocycles. The molecule has 0 bridgehead atoms. The Morgan fingerprint density at radius 3 is 2.88 bits per heavy atom. The average molecular weight is 234 g/mol. The number of amides is 1. The molecule has 4 nitrogen and oxygen atoms in total. The van der Waals surface area contributed by atoms with Gasteiger partial charge in [-0.15, -0.1) is 0 Å². The summed E-state index contributed by atoms with van der Waals surface area (Å²) in [6.07, 6.45) is 0.587. The molecule has 2 N–H and O–H groups in total. The average Bonchev–Trinajstić information content (AvgIpc) is 2.76. The maximum atomic E-state index is 11.6. The first kappa shape index (κ1) is 11.9. The highest BCUT2D eigenvalue weighted by Crippen LogP contribution is 2.16. The number of aryl methyl sites for hydroxylation is 2. The third-order valence-corrected chi connectivity index (χ3v) is 3.07. The number of rotatable bonds is 2. The zero-order valence-electron chi connectivity index (χ0n) is 10.2. The van der Waals surface area contributed by atoms with Crippen LogP contribution in [0, 0.1) is 13.8 Å². The van der Waals surface area contributed by atoms with Gasteiger partial charge in [0.2, 0.25) is 0 Å². The Labute approximate surface area is 101 Å². The maximum Gasteiger partial charge on any atom is 0.412 e. The van der Waals surface area contributed by atoms with Crippen LogP contribution in [0.4, 0.5) is 4.79 Å². The molecule has 17 heavy (non-hydrogen) atoms. The largest absolute Gasteiger partial charge is 0.412 e. The van der Waals surface area contributed by atoms with Gasteiger partial charge in [-0.2, -0.15) is 0 Å². The first-order chi connectivity index (χ1) is 8.15. The van der Waals surface area contributed by atoms with Crippen LogP contribution in [-0.2, 0) is 0 Å². The monoisotopic (exact) mass is 234 g/mol. The molecular weight excluding hydrogens is 216 g/mol. The highest BCUT2D eigenvalue weighted by Gasteiger charge is 2.17. The highest BCUT2D eigenvalue weighted by molar-refractivity contribution is 5.70. The van der Waals surface area contributed by atoms with Crippen LogP contribution in [0.25, 0.3) is 0 Å². The van der Waals surface area contributed by atoms with Gasteiger partial charge in [0, 0.05) is 12.6 Å². The van der Waals surface area contributed by atoms with Crippen molar-refractivity contribution in [3.8, 4) is 5.75 Å². The van der Waals surface area contributed by atoms with Gasteiger partial charge in [-0.05, 0) is 50.1 Å². The predicted molar refractivity (Wildman–Crippen MR) is 66.4 cm³/mol. The number of hydrogen-bond donors (Lipinski definition) is 2. The molecule has 1 aliphatic heterocycles. The van der Waals surface area contributed by atoms with Gasteiger partial charge in [-0.3, -0.25) is 0 Å². The maximum absolute atomic E-state index is 11.6. The lowest BCUT2D eigenvalue weighted by Crippen LogP contribution is -2.38. The molecule has 1 atom stereocenters. The number of carbonyl (C=O) groups excluding carboxylic acids is 1. The molecule has 1 aromatic rings. The van der Waals surface area contributed by atoms with Crippen molar-refractivity contribution in [1.29, 1.82) is 0 Å². The van der Waals surface area contributed by atoms with E-state index in [9.17, 15) is 4.79 Å². The number of carbonyl (C=O) groups is 1. The number of benzene rings is 1. The molecule has 1 aromatic carbocycles. The Kier molecular flexibility index (Phi) is 3.64. The summed E-state index contributed by atoms with van der Waals surface area (Å²) in [7, 11) is 0. The number of hydrogen-bond acceptors (Lipinski definition) is 3. The molecule has 0 aromatic heterocycles. The van der Waals surface area contributed by atoms with E-state index < -0.39 is 0 Å². The van der Waals surface area contributed by atoms with E-state index in [0.29, 0.717) is 5.75 Å². The van der Waals surface area contributed by atoms with E-state index in [1.165, 1.54) is 5.56 Å². The first-order valence-electron chi connectivity index (χ1n) is 5.91. The van der Waals surface area contributed by atoms with Crippen LogP contribution >= 0.6 is 0 Å². The minimum Gasteiger partial charge on any atom is -0.410 e. The van der Waals surface area contributed by atoms with Crippen LogP contribution in [0.2, 0.25) is 0 Å². The predicted octanol–water partition coefficient (Wildman–Crippen LogP) is 1.75. The van der Waals surface area contributed by atoms with Crippen molar-refractivity contribution in [3.05, 3.63) is 29.3 Å². The van der Waals surface area contributed by atoms with E-state index in [2.05, 4.69) is 10.6 Å². The van der Waals surface area contributed by atoms with Gasteiger partial charge >= 0.3 is 6.09 Å². The molecule has 1 heterocycles. The molecule has 4 heteroatoms. The minimum absolute atomic E-state index is 0.189. The molecule has 0 radical (unpaired) electrons. The van der Waals surface area contributed by atoms with Gasteiger partial charge in [0.25, 0.3) is 0 Å². The van der Waals surface area contributed by atoms with Crippen molar-refractivity contribution < 1.29 is 9.53 Å². The molecular formula is C13H18N2O2. The molecule has 0 spiro atoms. The van der Waals surface area contributed by atoms with E-state index in [-0.39, 0.29) is 12.1 Å². The summed E-state index contributed by atoms with van der Waals surface area (Å²) in [5.41, 5.74) is 2.32. The van der Waals surface area contributed by atoms with Crippen molar-refractivity contribution in [3.63, 3.8) is 0 Å². The van der Waals surface area contributed by atoms with Gasteiger partial charge in [0.1, 0.15) is 5.75 Å². The normalized spacial score (nSPS) is 19.1. The summed E-state index contributed by atoms with van der Waals surface area (Å²) in [6.45, 7) is 5.81. The first-order valence-corrected chi connectivity index (χ1v) is 5.91. The summed E-state index contributed by atoms with van der Waals surface area (Å²) in [5, 5.41) is 6.03. The molecule has 1 unspecified atom stereocenters. The van der Waals surface area contributed by atoms with Crippen molar-refractivity contribution in [2.75, 3.05) is 13.1 Å². The lowest BCUT2D eigenvalue weighted by Gasteiger charge is -2.12. The van der Waals surface area contributed by atoms with Gasteiger partial charge in [0.05, 0.1) is 0 Å². The Morgan fingerprint density at radius 1 is 1.41 bits per heavy atom. The topological polar surface area (TPSA) is 50.4 Å². The van der Waals surface area contributed by atoms with Crippen LogP contribution < -0.4 is 15.4 Å². The van der Waals surface area contributed by atoms with Crippen molar-refractivity contribution in [2.24, 2.45) is 0 Å². The second kappa shape index (κ2) is 5.19. The fraction of sp³-hybridized carbons (Fsp3) is 0.462. The summed E-state index contributed by atoms with van der Waals surface area (Å²) >= 11 is 0. The zero-order chi connectivity index (χ0) is 12.3. The minimum atomic E-state index is -0.373. The van der Waals surface area contributed by atoms with Gasteiger partial charge in [0.15, 0.2) is 0 Å². The molecule has 1 aliphatic rings. The lowest BCUT2D eigenvalue weighted by atomic mass is 10.1. The molecule has 1 saturated heterocycles. The van der Waals surface area contributed by atoms with Crippen molar-refractivity contribution in [1.82, 2.24) is 10.6 Å². The highest BCUT2D eigenvalue weighted by atomic mass is 16.6. The summed E-state index contributed by atoms with van der Waals surface area (Å²) in [5.74, 6) is 0.594. The van der Waals surface area contributed by atoms with Crippen LogP contribution in [0.1, 0.15) is 17.5 Å². The Balaban J connectivity index is 1.90. The van der Waals surface area contributed by atoms with Gasteiger partial charge in [-0.1, -0.05) is 6.07 Å². The van der Waals surface area contributed by atoms with E-state index in [1.807, 2.05) is 32.0 Å². The van der Waals surface area contributed by atoms with Crippen LogP contribution in [0.3, 0.4) is 0 Å². The van der Waals surface area contributed by atoms with E-state index in [4.69, 9.17) is 4.74 Å². The Bertz CT molecular complexity index is 412. The Hall–Kier alpha value is -1.55. The van der Waals surface area contributed by atoms with Crippen LogP contribution in [0.5, 0.6) is 5.75 Å². The molecule has 0 saturated carbocycles. The van der Waals surface area contributed by atoms with Crippen LogP contribution in [0.15, 0.2) is 18.2 Å². The zero-order valence-corrected chi connectivity index (χ0v) is 10.2. The SMILES string of the molecule is Cc1ccc(OC(=O)NC2CCNC2)cc1C. The van der Waals surface area contributed by atoms with Crippen molar-refractivity contribution in [2.45, 2.75) is 26.3 Å². The fourth-order valence-corrected chi connectivity index (χ4v) is 1.86. The van der Waals surface area contributed by atoms with E-state index in [1.54, 1.807) is 0 Å². The van der Waals surface area contributed by atoms with Gasteiger partial charge < -0.3 is 15.4 Å². The number of nitrogens with one attached hydrogen (secondary N) is 2. The lowest BCUT2D eigenvalue weighted by molar-refractivity contribution is 0.197. The van der Waals surface area contributed by atoms with E-state index >= 15 is 0 Å². The van der Waals surface area contributed by atoms with E-state index in [0.717, 1.165) is 25.1 Å². The third kappa shape index (κ3) is 3.20. The summed E-state index contributed by atoms with van der Waals surface area (Å²) < 4.78 is 5.23. The standard InChI is InChI=1S/C13H18N2O2/c1-9-3-4-12(7-10(9)2)17-13(16)15-11-5-6-14-8-11/h3-4,7,11,14H,5-6,8H2,1-2H3,(H,15,16). The van der Waals surface area contributed by atoms with Crippen LogP contribution in [-0.4, -0.2) is 25.2 Å². The quantitative estimate of drug-likeness (QED) is 0.819. The second-order valence-electron chi connectivity index (χ2n) is 4.47. The summed E-state index contributed by atoms with van der Waals surface area (Å²) in [4.78, 5) is 11.6. The Morgan fingerprint density at radius 2 is 2.24 bits per heavy atom. The third-order valence-electron chi connectivity index (χ3n) is 3.07. The second-order valence-corrected chi connectivity index (χ2v) is 4.47. The molecule has 1 amide bonds.